The van der Waals surface area contributed by atoms with Crippen molar-refractivity contribution in [2.45, 2.75) is 30.8 Å². The summed E-state index contributed by atoms with van der Waals surface area (Å²) in [5, 5.41) is 3.09. The minimum absolute atomic E-state index is 0.00954. The molecule has 1 N–H and O–H groups in total. The molecule has 0 aromatic heterocycles. The van der Waals surface area contributed by atoms with E-state index in [1.165, 1.54) is 16.0 Å². The maximum absolute atomic E-state index is 12.4. The fraction of sp³-hybridized carbons (Fsp3) is 0.350. The molecule has 0 radical (unpaired) electrons. The van der Waals surface area contributed by atoms with E-state index in [2.05, 4.69) is 48.5 Å². The van der Waals surface area contributed by atoms with Gasteiger partial charge in [-0.05, 0) is 54.6 Å². The maximum Gasteiger partial charge on any atom is 0.251 e. The van der Waals surface area contributed by atoms with Gasteiger partial charge in [-0.2, -0.15) is 0 Å². The number of nitrogens with one attached hydrogen (secondary N) is 1. The van der Waals surface area contributed by atoms with Gasteiger partial charge in [0, 0.05) is 29.6 Å². The number of amides is 1. The second kappa shape index (κ2) is 7.86. The monoisotopic (exact) mass is 340 g/mol. The summed E-state index contributed by atoms with van der Waals surface area (Å²) in [4.78, 5) is 15.9. The molecule has 2 aromatic carbocycles. The lowest BCUT2D eigenvalue weighted by molar-refractivity contribution is 0.0934. The number of thioether (sulfide) groups is 1. The minimum Gasteiger partial charge on any atom is -0.350 e. The first kappa shape index (κ1) is 17.1. The third-order valence-corrected chi connectivity index (χ3v) is 5.44. The summed E-state index contributed by atoms with van der Waals surface area (Å²) in [5.74, 6) is 1.05. The molecular weight excluding hydrogens is 316 g/mol. The quantitative estimate of drug-likeness (QED) is 0.844. The highest BCUT2D eigenvalue weighted by Gasteiger charge is 2.23. The van der Waals surface area contributed by atoms with E-state index < -0.39 is 0 Å². The van der Waals surface area contributed by atoms with Gasteiger partial charge in [-0.3, -0.25) is 9.69 Å². The summed E-state index contributed by atoms with van der Waals surface area (Å²) < 4.78 is 0. The van der Waals surface area contributed by atoms with Crippen molar-refractivity contribution in [3.8, 4) is 0 Å². The second-order valence-corrected chi connectivity index (χ2v) is 7.55. The van der Waals surface area contributed by atoms with Gasteiger partial charge in [0.2, 0.25) is 0 Å². The van der Waals surface area contributed by atoms with Gasteiger partial charge in [-0.1, -0.05) is 31.2 Å². The van der Waals surface area contributed by atoms with Crippen molar-refractivity contribution in [2.24, 2.45) is 0 Å². The standard InChI is InChI=1S/C20H24N2OS/c1-3-24-19-10-8-15(9-11-19)20(23)21-13-18-12-16-6-4-5-7-17(16)14-22(18)2/h4-11,18H,3,12-14H2,1-2H3,(H,21,23). The Hall–Kier alpha value is -1.78. The molecule has 0 spiro atoms. The Balaban J connectivity index is 1.58. The molecule has 0 fully saturated rings. The van der Waals surface area contributed by atoms with Crippen LogP contribution in [0, 0.1) is 0 Å². The summed E-state index contributed by atoms with van der Waals surface area (Å²) in [5.41, 5.74) is 3.52. The van der Waals surface area contributed by atoms with E-state index in [0.29, 0.717) is 12.6 Å². The van der Waals surface area contributed by atoms with Crippen molar-refractivity contribution in [1.29, 1.82) is 0 Å². The molecule has 3 rings (SSSR count). The number of rotatable bonds is 5. The van der Waals surface area contributed by atoms with E-state index >= 15 is 0 Å². The van der Waals surface area contributed by atoms with Gasteiger partial charge in [-0.15, -0.1) is 11.8 Å². The second-order valence-electron chi connectivity index (χ2n) is 6.21. The van der Waals surface area contributed by atoms with Crippen molar-refractivity contribution in [2.75, 3.05) is 19.3 Å². The summed E-state index contributed by atoms with van der Waals surface area (Å²) in [6.07, 6.45) is 0.985. The van der Waals surface area contributed by atoms with E-state index in [-0.39, 0.29) is 5.91 Å². The molecule has 3 nitrogen and oxygen atoms in total. The molecule has 1 amide bonds. The van der Waals surface area contributed by atoms with Crippen LogP contribution in [0.1, 0.15) is 28.4 Å². The van der Waals surface area contributed by atoms with Crippen molar-refractivity contribution >= 4 is 17.7 Å². The van der Waals surface area contributed by atoms with E-state index in [9.17, 15) is 4.79 Å². The predicted octanol–water partition coefficient (Wildman–Crippen LogP) is 3.59. The fourth-order valence-corrected chi connectivity index (χ4v) is 3.79. The number of hydrogen-bond acceptors (Lipinski definition) is 3. The molecule has 24 heavy (non-hydrogen) atoms. The summed E-state index contributed by atoms with van der Waals surface area (Å²) in [7, 11) is 2.13. The zero-order chi connectivity index (χ0) is 16.9. The molecule has 4 heteroatoms. The number of fused-ring (bicyclic) bond motifs is 1. The van der Waals surface area contributed by atoms with Gasteiger partial charge in [0.05, 0.1) is 0 Å². The first-order valence-electron chi connectivity index (χ1n) is 8.45. The number of likely N-dealkylation sites (N-methyl/N-ethyl adjacent to an activating group) is 1. The van der Waals surface area contributed by atoms with E-state index in [1.54, 1.807) is 11.8 Å². The van der Waals surface area contributed by atoms with Gasteiger partial charge in [-0.25, -0.2) is 0 Å². The van der Waals surface area contributed by atoms with Gasteiger partial charge in [0.1, 0.15) is 0 Å². The lowest BCUT2D eigenvalue weighted by Crippen LogP contribution is -2.45. The molecule has 126 valence electrons. The molecule has 0 saturated heterocycles. The van der Waals surface area contributed by atoms with Gasteiger partial charge in [0.25, 0.3) is 5.91 Å². The van der Waals surface area contributed by atoms with E-state index in [0.717, 1.165) is 24.3 Å². The number of benzene rings is 2. The Morgan fingerprint density at radius 1 is 1.17 bits per heavy atom. The average molecular weight is 340 g/mol. The molecule has 1 atom stereocenters. The van der Waals surface area contributed by atoms with E-state index in [1.807, 2.05) is 24.3 Å². The summed E-state index contributed by atoms with van der Waals surface area (Å²) in [6.45, 7) is 3.75. The maximum atomic E-state index is 12.4. The first-order chi connectivity index (χ1) is 11.7. The smallest absolute Gasteiger partial charge is 0.251 e. The van der Waals surface area contributed by atoms with Gasteiger partial charge >= 0.3 is 0 Å². The summed E-state index contributed by atoms with van der Waals surface area (Å²) in [6, 6.07) is 16.8. The van der Waals surface area contributed by atoms with Crippen LogP contribution in [0.3, 0.4) is 0 Å². The van der Waals surface area contributed by atoms with Crippen LogP contribution in [0.25, 0.3) is 0 Å². The van der Waals surface area contributed by atoms with Crippen LogP contribution in [0.15, 0.2) is 53.4 Å². The molecule has 0 aliphatic carbocycles. The Labute approximate surface area is 148 Å². The van der Waals surface area contributed by atoms with Crippen LogP contribution in [-0.4, -0.2) is 36.2 Å². The van der Waals surface area contributed by atoms with Crippen LogP contribution in [-0.2, 0) is 13.0 Å². The minimum atomic E-state index is 0.00954. The van der Waals surface area contributed by atoms with Gasteiger partial charge < -0.3 is 5.32 Å². The third kappa shape index (κ3) is 4.00. The first-order valence-corrected chi connectivity index (χ1v) is 9.44. The number of nitrogens with zero attached hydrogens (tertiary/aromatic N) is 1. The summed E-state index contributed by atoms with van der Waals surface area (Å²) >= 11 is 1.79. The molecular formula is C20H24N2OS. The number of hydrogen-bond donors (Lipinski definition) is 1. The van der Waals surface area contributed by atoms with Gasteiger partial charge in [0.15, 0.2) is 0 Å². The van der Waals surface area contributed by atoms with Crippen molar-refractivity contribution < 1.29 is 4.79 Å². The Morgan fingerprint density at radius 2 is 1.88 bits per heavy atom. The van der Waals surface area contributed by atoms with Crippen LogP contribution >= 0.6 is 11.8 Å². The Morgan fingerprint density at radius 3 is 2.58 bits per heavy atom. The van der Waals surface area contributed by atoms with Crippen LogP contribution in [0.5, 0.6) is 0 Å². The topological polar surface area (TPSA) is 32.3 Å². The van der Waals surface area contributed by atoms with Crippen LogP contribution < -0.4 is 5.32 Å². The molecule has 2 aromatic rings. The molecule has 0 bridgehead atoms. The van der Waals surface area contributed by atoms with Crippen molar-refractivity contribution in [3.63, 3.8) is 0 Å². The average Bonchev–Trinajstić information content (AvgIpc) is 2.60. The highest BCUT2D eigenvalue weighted by atomic mass is 32.2. The van der Waals surface area contributed by atoms with E-state index in [4.69, 9.17) is 0 Å². The van der Waals surface area contributed by atoms with Crippen molar-refractivity contribution in [1.82, 2.24) is 10.2 Å². The number of carbonyl (C=O) groups excluding carboxylic acids is 1. The lowest BCUT2D eigenvalue weighted by atomic mass is 9.94. The Bertz CT molecular complexity index is 699. The fourth-order valence-electron chi connectivity index (χ4n) is 3.13. The van der Waals surface area contributed by atoms with Crippen LogP contribution in [0.4, 0.5) is 0 Å². The molecule has 1 aliphatic rings. The van der Waals surface area contributed by atoms with Crippen molar-refractivity contribution in [3.05, 3.63) is 65.2 Å². The predicted molar refractivity (Wildman–Crippen MR) is 101 cm³/mol. The Kier molecular flexibility index (Phi) is 5.59. The highest BCUT2D eigenvalue weighted by molar-refractivity contribution is 7.99. The highest BCUT2D eigenvalue weighted by Crippen LogP contribution is 2.22. The normalized spacial score (nSPS) is 17.3. The number of carbonyl (C=O) groups is 1. The zero-order valence-corrected chi connectivity index (χ0v) is 15.1. The lowest BCUT2D eigenvalue weighted by Gasteiger charge is -2.34. The molecule has 1 heterocycles. The molecule has 0 saturated carbocycles. The third-order valence-electron chi connectivity index (χ3n) is 4.54. The van der Waals surface area contributed by atoms with Crippen LogP contribution in [0.2, 0.25) is 0 Å². The SMILES string of the molecule is CCSc1ccc(C(=O)NCC2Cc3ccccc3CN2C)cc1. The zero-order valence-electron chi connectivity index (χ0n) is 14.3. The molecule has 1 unspecified atom stereocenters. The molecule has 1 aliphatic heterocycles. The largest absolute Gasteiger partial charge is 0.350 e.